The topological polar surface area (TPSA) is 79.8 Å². The van der Waals surface area contributed by atoms with Gasteiger partial charge in [0, 0.05) is 13.2 Å². The number of hydrogen-bond acceptors (Lipinski definition) is 5. The molecule has 17 heavy (non-hydrogen) atoms. The molecule has 2 aromatic rings. The molecule has 6 heteroatoms. The van der Waals surface area contributed by atoms with Crippen molar-refractivity contribution in [2.24, 2.45) is 0 Å². The van der Waals surface area contributed by atoms with Gasteiger partial charge in [-0.2, -0.15) is 0 Å². The lowest BCUT2D eigenvalue weighted by molar-refractivity contribution is 0.102. The van der Waals surface area contributed by atoms with Gasteiger partial charge in [-0.15, -0.1) is 0 Å². The highest BCUT2D eigenvalue weighted by atomic mass is 16.1. The van der Waals surface area contributed by atoms with Gasteiger partial charge in [0.25, 0.3) is 5.91 Å². The number of rotatable bonds is 3. The molecule has 0 saturated carbocycles. The Hall–Kier alpha value is -2.50. The molecular weight excluding hydrogens is 218 g/mol. The minimum atomic E-state index is -0.253. The van der Waals surface area contributed by atoms with Crippen LogP contribution in [0.2, 0.25) is 0 Å². The smallest absolute Gasteiger partial charge is 0.259 e. The maximum atomic E-state index is 11.9. The van der Waals surface area contributed by atoms with Crippen LogP contribution >= 0.6 is 0 Å². The van der Waals surface area contributed by atoms with E-state index in [-0.39, 0.29) is 5.91 Å². The van der Waals surface area contributed by atoms with E-state index in [0.717, 1.165) is 0 Å². The van der Waals surface area contributed by atoms with Crippen LogP contribution < -0.4 is 10.6 Å². The largest absolute Gasteiger partial charge is 0.372 e. The second-order valence-corrected chi connectivity index (χ2v) is 3.23. The molecular formula is C11H11N5O. The Bertz CT molecular complexity index is 514. The van der Waals surface area contributed by atoms with Crippen molar-refractivity contribution in [1.82, 2.24) is 15.0 Å². The number of nitrogens with one attached hydrogen (secondary N) is 2. The van der Waals surface area contributed by atoms with Crippen LogP contribution in [-0.4, -0.2) is 27.9 Å². The SMILES string of the molecule is CNc1ncccc1C(=O)Nc1cncnc1. The molecule has 2 rings (SSSR count). The van der Waals surface area contributed by atoms with Gasteiger partial charge in [-0.1, -0.05) is 0 Å². The number of anilines is 2. The summed E-state index contributed by atoms with van der Waals surface area (Å²) in [6.07, 6.45) is 6.08. The molecule has 0 aromatic carbocycles. The summed E-state index contributed by atoms with van der Waals surface area (Å²) < 4.78 is 0. The molecule has 0 atom stereocenters. The minimum absolute atomic E-state index is 0.253. The van der Waals surface area contributed by atoms with Crippen LogP contribution in [0.3, 0.4) is 0 Å². The third kappa shape index (κ3) is 2.54. The van der Waals surface area contributed by atoms with Crippen LogP contribution in [-0.2, 0) is 0 Å². The lowest BCUT2D eigenvalue weighted by Crippen LogP contribution is -2.14. The number of carbonyl (C=O) groups excluding carboxylic acids is 1. The Balaban J connectivity index is 2.20. The average molecular weight is 229 g/mol. The van der Waals surface area contributed by atoms with E-state index < -0.39 is 0 Å². The van der Waals surface area contributed by atoms with Gasteiger partial charge in [0.15, 0.2) is 0 Å². The molecule has 2 N–H and O–H groups in total. The monoisotopic (exact) mass is 229 g/mol. The molecule has 0 unspecified atom stereocenters. The number of pyridine rings is 1. The molecule has 2 aromatic heterocycles. The summed E-state index contributed by atoms with van der Waals surface area (Å²) >= 11 is 0. The fourth-order valence-corrected chi connectivity index (χ4v) is 1.35. The first-order valence-corrected chi connectivity index (χ1v) is 5.00. The molecule has 0 bridgehead atoms. The van der Waals surface area contributed by atoms with E-state index in [0.29, 0.717) is 17.1 Å². The van der Waals surface area contributed by atoms with Gasteiger partial charge in [-0.05, 0) is 12.1 Å². The molecule has 1 amide bonds. The molecule has 0 fully saturated rings. The Kier molecular flexibility index (Phi) is 3.25. The molecule has 2 heterocycles. The lowest BCUT2D eigenvalue weighted by Gasteiger charge is -2.07. The third-order valence-electron chi connectivity index (χ3n) is 2.11. The van der Waals surface area contributed by atoms with Gasteiger partial charge in [0.1, 0.15) is 12.1 Å². The first-order chi connectivity index (χ1) is 8.31. The summed E-state index contributed by atoms with van der Waals surface area (Å²) in [5.74, 6) is 0.277. The molecule has 0 saturated heterocycles. The lowest BCUT2D eigenvalue weighted by atomic mass is 10.2. The zero-order valence-corrected chi connectivity index (χ0v) is 9.21. The zero-order chi connectivity index (χ0) is 12.1. The van der Waals surface area contributed by atoms with E-state index in [1.807, 2.05) is 0 Å². The molecule has 6 nitrogen and oxygen atoms in total. The third-order valence-corrected chi connectivity index (χ3v) is 2.11. The van der Waals surface area contributed by atoms with Gasteiger partial charge in [-0.25, -0.2) is 15.0 Å². The minimum Gasteiger partial charge on any atom is -0.372 e. The summed E-state index contributed by atoms with van der Waals surface area (Å²) in [5.41, 5.74) is 1.02. The van der Waals surface area contributed by atoms with Crippen molar-refractivity contribution < 1.29 is 4.79 Å². The summed E-state index contributed by atoms with van der Waals surface area (Å²) in [6, 6.07) is 3.40. The highest BCUT2D eigenvalue weighted by Crippen LogP contribution is 2.12. The highest BCUT2D eigenvalue weighted by Gasteiger charge is 2.11. The molecule has 0 aliphatic heterocycles. The number of hydrogen-bond donors (Lipinski definition) is 2. The fraction of sp³-hybridized carbons (Fsp3) is 0.0909. The van der Waals surface area contributed by atoms with Crippen molar-refractivity contribution >= 4 is 17.4 Å². The molecule has 0 aliphatic carbocycles. The van der Waals surface area contributed by atoms with Crippen LogP contribution in [0.4, 0.5) is 11.5 Å². The van der Waals surface area contributed by atoms with Gasteiger partial charge >= 0.3 is 0 Å². The molecule has 86 valence electrons. The first-order valence-electron chi connectivity index (χ1n) is 5.00. The van der Waals surface area contributed by atoms with Crippen molar-refractivity contribution in [3.05, 3.63) is 42.6 Å². The Morgan fingerprint density at radius 2 is 2.06 bits per heavy atom. The van der Waals surface area contributed by atoms with Gasteiger partial charge in [0.05, 0.1) is 23.6 Å². The van der Waals surface area contributed by atoms with Gasteiger partial charge in [-0.3, -0.25) is 4.79 Å². The maximum Gasteiger partial charge on any atom is 0.259 e. The van der Waals surface area contributed by atoms with Crippen LogP contribution in [0.5, 0.6) is 0 Å². The van der Waals surface area contributed by atoms with Gasteiger partial charge < -0.3 is 10.6 Å². The van der Waals surface area contributed by atoms with E-state index in [2.05, 4.69) is 25.6 Å². The van der Waals surface area contributed by atoms with Crippen molar-refractivity contribution in [1.29, 1.82) is 0 Å². The number of carbonyl (C=O) groups is 1. The Labute approximate surface area is 98.1 Å². The van der Waals surface area contributed by atoms with E-state index in [4.69, 9.17) is 0 Å². The first kappa shape index (κ1) is 11.0. The van der Waals surface area contributed by atoms with E-state index in [1.165, 1.54) is 18.7 Å². The van der Waals surface area contributed by atoms with Crippen LogP contribution in [0, 0.1) is 0 Å². The zero-order valence-electron chi connectivity index (χ0n) is 9.21. The number of amides is 1. The predicted octanol–water partition coefficient (Wildman–Crippen LogP) is 1.17. The second kappa shape index (κ2) is 5.02. The van der Waals surface area contributed by atoms with Crippen molar-refractivity contribution in [3.8, 4) is 0 Å². The Morgan fingerprint density at radius 1 is 1.29 bits per heavy atom. The van der Waals surface area contributed by atoms with E-state index >= 15 is 0 Å². The van der Waals surface area contributed by atoms with Crippen LogP contribution in [0.15, 0.2) is 37.1 Å². The standard InChI is InChI=1S/C11H11N5O/c1-12-10-9(3-2-4-15-10)11(17)16-8-5-13-7-14-6-8/h2-7H,1H3,(H,12,15)(H,16,17). The fourth-order valence-electron chi connectivity index (χ4n) is 1.35. The number of nitrogens with zero attached hydrogens (tertiary/aromatic N) is 3. The van der Waals surface area contributed by atoms with Crippen molar-refractivity contribution in [2.45, 2.75) is 0 Å². The van der Waals surface area contributed by atoms with Crippen LogP contribution in [0.25, 0.3) is 0 Å². The molecule has 0 radical (unpaired) electrons. The molecule has 0 spiro atoms. The van der Waals surface area contributed by atoms with Crippen molar-refractivity contribution in [2.75, 3.05) is 17.7 Å². The normalized spacial score (nSPS) is 9.71. The summed E-state index contributed by atoms with van der Waals surface area (Å²) in [7, 11) is 1.71. The second-order valence-electron chi connectivity index (χ2n) is 3.23. The van der Waals surface area contributed by atoms with Crippen LogP contribution in [0.1, 0.15) is 10.4 Å². The van der Waals surface area contributed by atoms with Crippen molar-refractivity contribution in [3.63, 3.8) is 0 Å². The quantitative estimate of drug-likeness (QED) is 0.825. The van der Waals surface area contributed by atoms with E-state index in [9.17, 15) is 4.79 Å². The average Bonchev–Trinajstić information content (AvgIpc) is 2.40. The number of aromatic nitrogens is 3. The predicted molar refractivity (Wildman–Crippen MR) is 63.8 cm³/mol. The van der Waals surface area contributed by atoms with E-state index in [1.54, 1.807) is 25.4 Å². The Morgan fingerprint density at radius 3 is 2.76 bits per heavy atom. The summed E-state index contributed by atoms with van der Waals surface area (Å²) in [5, 5.41) is 5.55. The molecule has 0 aliphatic rings. The summed E-state index contributed by atoms with van der Waals surface area (Å²) in [6.45, 7) is 0. The van der Waals surface area contributed by atoms with Gasteiger partial charge in [0.2, 0.25) is 0 Å². The summed E-state index contributed by atoms with van der Waals surface area (Å²) in [4.78, 5) is 23.6. The maximum absolute atomic E-state index is 11.9. The highest BCUT2D eigenvalue weighted by molar-refractivity contribution is 6.07.